The Morgan fingerprint density at radius 3 is 2.98 bits per heavy atom. The molecule has 0 aliphatic carbocycles. The number of hydrogen-bond acceptors (Lipinski definition) is 9. The number of nitrogens with one attached hydrogen (secondary N) is 1. The number of aromatic nitrogens is 3. The number of benzene rings is 2. The molecule has 2 bridgehead atoms. The van der Waals surface area contributed by atoms with Crippen molar-refractivity contribution in [3.05, 3.63) is 42.0 Å². The van der Waals surface area contributed by atoms with E-state index in [1.807, 2.05) is 18.2 Å². The van der Waals surface area contributed by atoms with Crippen molar-refractivity contribution in [2.24, 2.45) is 0 Å². The molecule has 10 heteroatoms. The first-order chi connectivity index (χ1) is 21.5. The van der Waals surface area contributed by atoms with Gasteiger partial charge in [-0.05, 0) is 73.2 Å². The zero-order valence-corrected chi connectivity index (χ0v) is 24.9. The Labute approximate surface area is 255 Å². The van der Waals surface area contributed by atoms with Gasteiger partial charge in [0.2, 0.25) is 5.88 Å². The molecule has 0 radical (unpaired) electrons. The fourth-order valence-electron chi connectivity index (χ4n) is 8.73. The maximum absolute atomic E-state index is 14.5. The Hall–Kier alpha value is -3.76. The summed E-state index contributed by atoms with van der Waals surface area (Å²) >= 11 is 0. The molecule has 5 aliphatic heterocycles. The van der Waals surface area contributed by atoms with Gasteiger partial charge < -0.3 is 24.8 Å². The van der Waals surface area contributed by atoms with Crippen LogP contribution in [0.1, 0.15) is 44.6 Å². The highest BCUT2D eigenvalue weighted by molar-refractivity contribution is 6.02. The van der Waals surface area contributed by atoms with E-state index in [4.69, 9.17) is 24.4 Å². The number of rotatable bonds is 5. The summed E-state index contributed by atoms with van der Waals surface area (Å²) in [4.78, 5) is 19.7. The summed E-state index contributed by atoms with van der Waals surface area (Å²) < 4.78 is 27.5. The zero-order valence-electron chi connectivity index (χ0n) is 24.9. The third-order valence-corrected chi connectivity index (χ3v) is 10.8. The van der Waals surface area contributed by atoms with Gasteiger partial charge in [-0.15, -0.1) is 0 Å². The quantitative estimate of drug-likeness (QED) is 0.338. The Balaban J connectivity index is 1.21. The zero-order chi connectivity index (χ0) is 29.6. The molecule has 9 rings (SSSR count). The van der Waals surface area contributed by atoms with Crippen LogP contribution >= 0.6 is 0 Å². The first-order valence-corrected chi connectivity index (χ1v) is 16.1. The smallest absolute Gasteiger partial charge is 0.319 e. The summed E-state index contributed by atoms with van der Waals surface area (Å²) in [6.45, 7) is 5.21. The van der Waals surface area contributed by atoms with Crippen molar-refractivity contribution in [2.75, 3.05) is 37.7 Å². The van der Waals surface area contributed by atoms with Crippen LogP contribution < -0.4 is 19.7 Å². The second kappa shape index (κ2) is 9.87. The molecule has 4 aromatic rings. The monoisotopic (exact) mass is 596 g/mol. The number of pyridine rings is 1. The van der Waals surface area contributed by atoms with Crippen LogP contribution in [-0.4, -0.2) is 87.6 Å². The van der Waals surface area contributed by atoms with E-state index >= 15 is 0 Å². The van der Waals surface area contributed by atoms with E-state index in [-0.39, 0.29) is 17.3 Å². The summed E-state index contributed by atoms with van der Waals surface area (Å²) in [7, 11) is 0. The maximum Gasteiger partial charge on any atom is 0.319 e. The minimum Gasteiger partial charge on any atom is -0.508 e. The Morgan fingerprint density at radius 2 is 2.07 bits per heavy atom. The van der Waals surface area contributed by atoms with E-state index in [0.29, 0.717) is 61.4 Å². The molecule has 7 heterocycles. The summed E-state index contributed by atoms with van der Waals surface area (Å²) in [5.74, 6) is 1.49. The molecular weight excluding hydrogens is 559 g/mol. The fraction of sp³-hybridized carbons (Fsp3) is 0.500. The predicted molar refractivity (Wildman–Crippen MR) is 166 cm³/mol. The largest absolute Gasteiger partial charge is 0.508 e. The van der Waals surface area contributed by atoms with Gasteiger partial charge >= 0.3 is 6.01 Å². The first kappa shape index (κ1) is 26.6. The molecular formula is C34H37FN6O3. The lowest BCUT2D eigenvalue weighted by Gasteiger charge is -2.40. The standard InChI is InChI=1S/C34H37FN6O3/c1-2-19-5-3-6-20-11-23(42)12-24(29(19)20)26-13-27-30-31(41-16-22-7-8-25(36-22)28(41)17-43-32(30)37-26)39-33(38-27)44-18-34-9-4-10-40(34)15-21(35)14-34/h3,5-6,11-13,21-22,25,28,36,42H,2,4,7-10,14-18H2,1H3/t21-,22+,25-,28+,34?/m1/s1. The number of halogens is 1. The second-order valence-electron chi connectivity index (χ2n) is 13.3. The number of fused-ring (bicyclic) bond motifs is 7. The van der Waals surface area contributed by atoms with E-state index in [9.17, 15) is 9.50 Å². The summed E-state index contributed by atoms with van der Waals surface area (Å²) in [5.41, 5.74) is 3.10. The van der Waals surface area contributed by atoms with Crippen LogP contribution in [-0.2, 0) is 6.42 Å². The molecule has 5 atom stereocenters. The summed E-state index contributed by atoms with van der Waals surface area (Å²) in [6.07, 6.45) is 4.73. The van der Waals surface area contributed by atoms with Crippen molar-refractivity contribution in [2.45, 2.75) is 75.3 Å². The number of aryl methyl sites for hydroxylation is 1. The number of piperazine rings is 1. The molecule has 44 heavy (non-hydrogen) atoms. The van der Waals surface area contributed by atoms with Gasteiger partial charge in [-0.3, -0.25) is 4.90 Å². The van der Waals surface area contributed by atoms with Gasteiger partial charge in [-0.25, -0.2) is 9.37 Å². The third kappa shape index (κ3) is 4.06. The molecule has 0 spiro atoms. The van der Waals surface area contributed by atoms with Gasteiger partial charge in [0.15, 0.2) is 0 Å². The topological polar surface area (TPSA) is 95.9 Å². The molecule has 0 saturated carbocycles. The van der Waals surface area contributed by atoms with E-state index in [0.717, 1.165) is 72.7 Å². The summed E-state index contributed by atoms with van der Waals surface area (Å²) in [5, 5.41) is 17.3. The van der Waals surface area contributed by atoms with E-state index in [1.54, 1.807) is 12.1 Å². The Morgan fingerprint density at radius 1 is 1.14 bits per heavy atom. The highest BCUT2D eigenvalue weighted by atomic mass is 19.1. The fourth-order valence-corrected chi connectivity index (χ4v) is 8.73. The van der Waals surface area contributed by atoms with Crippen molar-refractivity contribution in [3.63, 3.8) is 0 Å². The number of nitrogens with zero attached hydrogens (tertiary/aromatic N) is 5. The van der Waals surface area contributed by atoms with Crippen molar-refractivity contribution in [1.29, 1.82) is 0 Å². The maximum atomic E-state index is 14.5. The van der Waals surface area contributed by atoms with E-state index in [2.05, 4.69) is 28.1 Å². The molecule has 228 valence electrons. The van der Waals surface area contributed by atoms with Crippen LogP contribution in [0.4, 0.5) is 10.2 Å². The lowest BCUT2D eigenvalue weighted by Crippen LogP contribution is -2.60. The van der Waals surface area contributed by atoms with Crippen LogP contribution in [0, 0.1) is 0 Å². The van der Waals surface area contributed by atoms with Crippen LogP contribution in [0.5, 0.6) is 17.6 Å². The number of anilines is 1. The average molecular weight is 597 g/mol. The van der Waals surface area contributed by atoms with Gasteiger partial charge in [-0.1, -0.05) is 25.1 Å². The summed E-state index contributed by atoms with van der Waals surface area (Å²) in [6, 6.07) is 12.9. The lowest BCUT2D eigenvalue weighted by molar-refractivity contribution is 0.107. The molecule has 5 aliphatic rings. The SMILES string of the molecule is CCc1cccc2cc(O)cc(-c3cc4nc(OCC56CCCN5C[C@H](F)C6)nc5c4c(n3)OC[C@H]3[C@H]4CC[C@@H](CN53)N4)c12. The number of aromatic hydroxyl groups is 1. The number of phenols is 1. The van der Waals surface area contributed by atoms with Crippen molar-refractivity contribution < 1.29 is 19.0 Å². The minimum atomic E-state index is -0.823. The molecule has 4 saturated heterocycles. The average Bonchev–Trinajstić information content (AvgIpc) is 3.66. The van der Waals surface area contributed by atoms with E-state index < -0.39 is 6.17 Å². The molecule has 9 nitrogen and oxygen atoms in total. The highest BCUT2D eigenvalue weighted by Gasteiger charge is 2.50. The third-order valence-electron chi connectivity index (χ3n) is 10.8. The van der Waals surface area contributed by atoms with E-state index in [1.165, 1.54) is 5.56 Å². The van der Waals surface area contributed by atoms with Crippen LogP contribution in [0.25, 0.3) is 32.9 Å². The van der Waals surface area contributed by atoms with Crippen LogP contribution in [0.3, 0.4) is 0 Å². The molecule has 2 aromatic carbocycles. The molecule has 2 N–H and O–H groups in total. The molecule has 0 amide bonds. The predicted octanol–water partition coefficient (Wildman–Crippen LogP) is 4.77. The van der Waals surface area contributed by atoms with Gasteiger partial charge in [0.05, 0.1) is 22.8 Å². The van der Waals surface area contributed by atoms with Crippen LogP contribution in [0.15, 0.2) is 36.4 Å². The number of hydrogen-bond donors (Lipinski definition) is 2. The number of phenolic OH excluding ortho intramolecular Hbond substituents is 1. The van der Waals surface area contributed by atoms with Crippen LogP contribution in [0.2, 0.25) is 0 Å². The van der Waals surface area contributed by atoms with Crippen molar-refractivity contribution >= 4 is 27.5 Å². The Bertz CT molecular complexity index is 1800. The normalized spacial score (nSPS) is 29.1. The number of alkyl halides is 1. The molecule has 2 aromatic heterocycles. The lowest BCUT2D eigenvalue weighted by atomic mass is 9.95. The van der Waals surface area contributed by atoms with Crippen molar-refractivity contribution in [1.82, 2.24) is 25.2 Å². The molecule has 1 unspecified atom stereocenters. The van der Waals surface area contributed by atoms with Crippen molar-refractivity contribution in [3.8, 4) is 28.9 Å². The van der Waals surface area contributed by atoms with Gasteiger partial charge in [0, 0.05) is 37.2 Å². The first-order valence-electron chi connectivity index (χ1n) is 16.1. The Kier molecular flexibility index (Phi) is 5.97. The second-order valence-corrected chi connectivity index (χ2v) is 13.3. The van der Waals surface area contributed by atoms with Gasteiger partial charge in [0.25, 0.3) is 0 Å². The van der Waals surface area contributed by atoms with Gasteiger partial charge in [0.1, 0.15) is 36.3 Å². The molecule has 4 fully saturated rings. The number of ether oxygens (including phenoxy) is 2. The van der Waals surface area contributed by atoms with Gasteiger partial charge in [-0.2, -0.15) is 9.97 Å². The highest BCUT2D eigenvalue weighted by Crippen LogP contribution is 2.44. The minimum absolute atomic E-state index is 0.108.